The van der Waals surface area contributed by atoms with Crippen molar-refractivity contribution in [1.29, 1.82) is 0 Å². The van der Waals surface area contributed by atoms with Gasteiger partial charge in [0.25, 0.3) is 0 Å². The van der Waals surface area contributed by atoms with Crippen molar-refractivity contribution in [1.82, 2.24) is 9.97 Å². The third-order valence-electron chi connectivity index (χ3n) is 5.74. The number of aromatic nitrogens is 2. The summed E-state index contributed by atoms with van der Waals surface area (Å²) in [5.74, 6) is 0.633. The van der Waals surface area contributed by atoms with Gasteiger partial charge in [-0.25, -0.2) is 18.6 Å². The van der Waals surface area contributed by atoms with Crippen LogP contribution in [0.3, 0.4) is 0 Å². The molecule has 1 saturated carbocycles. The highest BCUT2D eigenvalue weighted by atomic mass is 32.2. The van der Waals surface area contributed by atoms with Crippen LogP contribution in [0.1, 0.15) is 42.0 Å². The number of halogens is 1. The molecule has 0 spiro atoms. The molecule has 1 aliphatic carbocycles. The molecule has 1 aromatic heterocycles. The lowest BCUT2D eigenvalue weighted by Crippen LogP contribution is -2.17. The fraction of sp³-hybridized carbons (Fsp3) is 0.417. The highest BCUT2D eigenvalue weighted by Crippen LogP contribution is 2.45. The first-order chi connectivity index (χ1) is 15.4. The van der Waals surface area contributed by atoms with Gasteiger partial charge in [-0.05, 0) is 42.5 Å². The van der Waals surface area contributed by atoms with Crippen molar-refractivity contribution in [2.75, 3.05) is 25.7 Å². The summed E-state index contributed by atoms with van der Waals surface area (Å²) in [6.07, 6.45) is 8.24. The number of rotatable bonds is 6. The molecule has 3 aromatic rings. The molecule has 0 amide bonds. The molecule has 2 aliphatic rings. The summed E-state index contributed by atoms with van der Waals surface area (Å²) in [4.78, 5) is 9.09. The molecule has 0 N–H and O–H groups in total. The van der Waals surface area contributed by atoms with Crippen LogP contribution in [0.25, 0.3) is 10.9 Å². The zero-order chi connectivity index (χ0) is 22.3. The van der Waals surface area contributed by atoms with Crippen molar-refractivity contribution < 1.29 is 18.1 Å². The first kappa shape index (κ1) is 21.3. The monoisotopic (exact) mass is 455 g/mol. The van der Waals surface area contributed by atoms with Gasteiger partial charge in [0.05, 0.1) is 30.1 Å². The van der Waals surface area contributed by atoms with Gasteiger partial charge < -0.3 is 9.47 Å². The van der Waals surface area contributed by atoms with Gasteiger partial charge in [-0.3, -0.25) is 0 Å². The highest BCUT2D eigenvalue weighted by molar-refractivity contribution is 7.92. The van der Waals surface area contributed by atoms with E-state index in [4.69, 9.17) is 9.47 Å². The molecule has 0 bridgehead atoms. The Bertz CT molecular complexity index is 1290. The van der Waals surface area contributed by atoms with E-state index in [0.29, 0.717) is 37.0 Å². The van der Waals surface area contributed by atoms with Crippen molar-refractivity contribution in [3.8, 4) is 5.75 Å². The quantitative estimate of drug-likeness (QED) is 0.536. The maximum atomic E-state index is 14.0. The second-order valence-corrected chi connectivity index (χ2v) is 11.4. The van der Waals surface area contributed by atoms with E-state index in [-0.39, 0.29) is 11.9 Å². The smallest absolute Gasteiger partial charge is 0.126 e. The number of benzene rings is 2. The Balaban J connectivity index is 1.58. The Hall–Kier alpha value is -2.58. The molecular weight excluding hydrogens is 429 g/mol. The van der Waals surface area contributed by atoms with E-state index in [2.05, 4.69) is 14.3 Å². The number of hydrogen-bond acceptors (Lipinski definition) is 6. The molecule has 1 atom stereocenters. The molecular formula is C24H26FN3O3S. The van der Waals surface area contributed by atoms with Crippen molar-refractivity contribution in [3.05, 3.63) is 59.3 Å². The van der Waals surface area contributed by atoms with Crippen LogP contribution >= 0.6 is 0 Å². The second kappa shape index (κ2) is 8.41. The van der Waals surface area contributed by atoms with Gasteiger partial charge >= 0.3 is 0 Å². The number of hydrogen-bond donors (Lipinski definition) is 0. The Kier molecular flexibility index (Phi) is 5.59. The van der Waals surface area contributed by atoms with Gasteiger partial charge in [0, 0.05) is 52.1 Å². The lowest BCUT2D eigenvalue weighted by Gasteiger charge is -2.17. The van der Waals surface area contributed by atoms with Crippen molar-refractivity contribution >= 4 is 26.3 Å². The van der Waals surface area contributed by atoms with E-state index in [1.807, 2.05) is 12.1 Å². The van der Waals surface area contributed by atoms with Crippen LogP contribution in [0, 0.1) is 5.82 Å². The molecule has 0 unspecified atom stereocenters. The van der Waals surface area contributed by atoms with E-state index in [0.717, 1.165) is 47.0 Å². The van der Waals surface area contributed by atoms with Crippen LogP contribution in [0.15, 0.2) is 41.0 Å². The maximum Gasteiger partial charge on any atom is 0.126 e. The van der Waals surface area contributed by atoms with E-state index in [9.17, 15) is 8.60 Å². The number of nitrogens with zero attached hydrogens (tertiary/aromatic N) is 3. The normalized spacial score (nSPS) is 18.8. The molecule has 2 aromatic carbocycles. The molecule has 8 heteroatoms. The maximum absolute atomic E-state index is 14.0. The molecule has 5 rings (SSSR count). The predicted octanol–water partition coefficient (Wildman–Crippen LogP) is 4.76. The Morgan fingerprint density at radius 3 is 2.75 bits per heavy atom. The summed E-state index contributed by atoms with van der Waals surface area (Å²) < 4.78 is 42.1. The molecule has 1 aliphatic heterocycles. The lowest BCUT2D eigenvalue weighted by atomic mass is 9.98. The van der Waals surface area contributed by atoms with E-state index < -0.39 is 9.73 Å². The minimum atomic E-state index is -2.28. The number of fused-ring (bicyclic) bond motifs is 1. The van der Waals surface area contributed by atoms with Crippen LogP contribution in [0.4, 0.5) is 10.1 Å². The van der Waals surface area contributed by atoms with Gasteiger partial charge in [0.2, 0.25) is 0 Å². The first-order valence-corrected chi connectivity index (χ1v) is 13.2. The third-order valence-corrected chi connectivity index (χ3v) is 6.39. The fourth-order valence-electron chi connectivity index (χ4n) is 4.18. The lowest BCUT2D eigenvalue weighted by molar-refractivity contribution is 0.140. The molecule has 1 saturated heterocycles. The highest BCUT2D eigenvalue weighted by Gasteiger charge is 2.28. The van der Waals surface area contributed by atoms with Crippen LogP contribution in [-0.4, -0.2) is 46.0 Å². The van der Waals surface area contributed by atoms with Crippen LogP contribution in [0.5, 0.6) is 5.75 Å². The average Bonchev–Trinajstić information content (AvgIpc) is 3.45. The summed E-state index contributed by atoms with van der Waals surface area (Å²) in [7, 11) is -2.28. The van der Waals surface area contributed by atoms with E-state index >= 15 is 0 Å². The summed E-state index contributed by atoms with van der Waals surface area (Å²) in [6.45, 7) is 1.18. The minimum Gasteiger partial charge on any atom is -0.488 e. The molecule has 6 nitrogen and oxygen atoms in total. The van der Waals surface area contributed by atoms with Crippen molar-refractivity contribution in [3.63, 3.8) is 0 Å². The Labute approximate surface area is 187 Å². The molecule has 2 fully saturated rings. The summed E-state index contributed by atoms with van der Waals surface area (Å²) in [5.41, 5.74) is 4.37. The summed E-state index contributed by atoms with van der Waals surface area (Å²) in [6, 6.07) is 8.55. The first-order valence-electron chi connectivity index (χ1n) is 10.8. The molecule has 168 valence electrons. The minimum absolute atomic E-state index is 0.0677. The summed E-state index contributed by atoms with van der Waals surface area (Å²) >= 11 is 0. The molecule has 0 radical (unpaired) electrons. The van der Waals surface area contributed by atoms with Crippen molar-refractivity contribution in [2.24, 2.45) is 4.36 Å². The van der Waals surface area contributed by atoms with Crippen LogP contribution in [-0.2, 0) is 20.9 Å². The van der Waals surface area contributed by atoms with Crippen LogP contribution in [0.2, 0.25) is 0 Å². The summed E-state index contributed by atoms with van der Waals surface area (Å²) in [5, 5.41) is 1.01. The van der Waals surface area contributed by atoms with Gasteiger partial charge in [-0.15, -0.1) is 0 Å². The standard InChI is InChI=1S/C24H26FN3O3S/c1-32(2,29)28-18-11-20(15-3-4-15)24-21(26-14-27-22(24)12-18)9-16-5-6-17(25)10-23(16)31-19-7-8-30-13-19/h5-6,10-12,14-15,19H,3-4,7-9,13H2,1-2H3/t19-/m0/s1. The molecule has 2 heterocycles. The number of ether oxygens (including phenoxy) is 2. The zero-order valence-electron chi connectivity index (χ0n) is 18.2. The third kappa shape index (κ3) is 4.76. The topological polar surface area (TPSA) is 73.7 Å². The zero-order valence-corrected chi connectivity index (χ0v) is 19.0. The van der Waals surface area contributed by atoms with E-state index in [1.165, 1.54) is 12.1 Å². The van der Waals surface area contributed by atoms with Gasteiger partial charge in [-0.1, -0.05) is 6.07 Å². The Morgan fingerprint density at radius 1 is 1.19 bits per heavy atom. The SMILES string of the molecule is CS(C)(=O)=Nc1cc(C2CC2)c2c(Cc3ccc(F)cc3O[C@H]3CCOC3)ncnc2c1. The molecule has 32 heavy (non-hydrogen) atoms. The van der Waals surface area contributed by atoms with Crippen molar-refractivity contribution in [2.45, 2.75) is 37.7 Å². The van der Waals surface area contributed by atoms with Gasteiger partial charge in [0.15, 0.2) is 0 Å². The van der Waals surface area contributed by atoms with Gasteiger partial charge in [0.1, 0.15) is 24.0 Å². The van der Waals surface area contributed by atoms with Crippen LogP contribution < -0.4 is 4.74 Å². The Morgan fingerprint density at radius 2 is 2.03 bits per heavy atom. The van der Waals surface area contributed by atoms with Gasteiger partial charge in [-0.2, -0.15) is 4.36 Å². The second-order valence-electron chi connectivity index (χ2n) is 8.83. The average molecular weight is 456 g/mol. The predicted molar refractivity (Wildman–Crippen MR) is 123 cm³/mol. The fourth-order valence-corrected chi connectivity index (χ4v) is 4.79. The largest absolute Gasteiger partial charge is 0.488 e. The van der Waals surface area contributed by atoms with E-state index in [1.54, 1.807) is 24.9 Å².